The number of aliphatic hydroxyl groups excluding tert-OH is 2. The summed E-state index contributed by atoms with van der Waals surface area (Å²) in [6.45, 7) is 3.16. The second kappa shape index (κ2) is 5.51. The molecule has 1 aliphatic heterocycles. The van der Waals surface area contributed by atoms with Crippen molar-refractivity contribution in [2.75, 3.05) is 26.2 Å². The molecule has 0 bridgehead atoms. The van der Waals surface area contributed by atoms with Gasteiger partial charge in [-0.3, -0.25) is 0 Å². The molecular weight excluding hydrogens is 154 g/mol. The molecule has 0 aliphatic carbocycles. The third-order valence-corrected chi connectivity index (χ3v) is 2.44. The Kier molecular flexibility index (Phi) is 4.58. The normalized spacial score (nSPS) is 22.5. The summed E-state index contributed by atoms with van der Waals surface area (Å²) in [5.74, 6) is 0. The predicted octanol–water partition coefficient (Wildman–Crippen LogP) is 0.216. The maximum absolute atomic E-state index is 9.11. The van der Waals surface area contributed by atoms with Gasteiger partial charge in [-0.1, -0.05) is 6.42 Å². The minimum absolute atomic E-state index is 0.103. The Morgan fingerprint density at radius 1 is 1.17 bits per heavy atom. The number of likely N-dealkylation sites (tertiary alicyclic amines) is 1. The average molecular weight is 173 g/mol. The van der Waals surface area contributed by atoms with Crippen LogP contribution in [0.1, 0.15) is 25.7 Å². The maximum atomic E-state index is 9.11. The van der Waals surface area contributed by atoms with Gasteiger partial charge in [0, 0.05) is 6.54 Å². The molecule has 0 amide bonds. The van der Waals surface area contributed by atoms with E-state index in [0.29, 0.717) is 6.42 Å². The van der Waals surface area contributed by atoms with Gasteiger partial charge in [-0.15, -0.1) is 0 Å². The predicted molar refractivity (Wildman–Crippen MR) is 48.0 cm³/mol. The van der Waals surface area contributed by atoms with E-state index in [1.807, 2.05) is 0 Å². The molecule has 72 valence electrons. The van der Waals surface area contributed by atoms with Gasteiger partial charge in [-0.25, -0.2) is 0 Å². The highest BCUT2D eigenvalue weighted by molar-refractivity contribution is 4.66. The Hall–Kier alpha value is -0.120. The van der Waals surface area contributed by atoms with Crippen LogP contribution in [0.5, 0.6) is 0 Å². The van der Waals surface area contributed by atoms with E-state index in [2.05, 4.69) is 4.90 Å². The number of hydrogen-bond acceptors (Lipinski definition) is 3. The monoisotopic (exact) mass is 173 g/mol. The first-order valence-corrected chi connectivity index (χ1v) is 4.84. The molecular formula is C9H19NO2. The second-order valence-corrected chi connectivity index (χ2v) is 3.53. The van der Waals surface area contributed by atoms with Gasteiger partial charge < -0.3 is 15.1 Å². The number of piperidine rings is 1. The van der Waals surface area contributed by atoms with E-state index in [-0.39, 0.29) is 6.61 Å². The number of hydrogen-bond donors (Lipinski definition) is 2. The van der Waals surface area contributed by atoms with Crippen LogP contribution in [0, 0.1) is 0 Å². The van der Waals surface area contributed by atoms with Gasteiger partial charge in [-0.05, 0) is 32.4 Å². The zero-order chi connectivity index (χ0) is 8.81. The summed E-state index contributed by atoms with van der Waals surface area (Å²) in [6, 6.07) is 0. The first-order valence-electron chi connectivity index (χ1n) is 4.84. The molecule has 0 aromatic rings. The van der Waals surface area contributed by atoms with Crippen LogP contribution in [0.2, 0.25) is 0 Å². The molecule has 2 N–H and O–H groups in total. The van der Waals surface area contributed by atoms with Crippen molar-refractivity contribution in [3.8, 4) is 0 Å². The summed E-state index contributed by atoms with van der Waals surface area (Å²) in [4.78, 5) is 2.36. The Labute approximate surface area is 74.0 Å². The SMILES string of the molecule is OCC(O)CCN1CCCCC1. The molecule has 12 heavy (non-hydrogen) atoms. The summed E-state index contributed by atoms with van der Waals surface area (Å²) < 4.78 is 0. The van der Waals surface area contributed by atoms with Crippen LogP contribution in [0.25, 0.3) is 0 Å². The van der Waals surface area contributed by atoms with E-state index in [0.717, 1.165) is 19.6 Å². The molecule has 1 saturated heterocycles. The van der Waals surface area contributed by atoms with Crippen molar-refractivity contribution in [2.45, 2.75) is 31.8 Å². The Balaban J connectivity index is 2.05. The fraction of sp³-hybridized carbons (Fsp3) is 1.00. The molecule has 0 spiro atoms. The molecule has 1 heterocycles. The zero-order valence-electron chi connectivity index (χ0n) is 7.58. The van der Waals surface area contributed by atoms with Crippen LogP contribution in [0.15, 0.2) is 0 Å². The van der Waals surface area contributed by atoms with Crippen LogP contribution in [0.3, 0.4) is 0 Å². The number of aliphatic hydroxyl groups is 2. The zero-order valence-corrected chi connectivity index (χ0v) is 7.58. The van der Waals surface area contributed by atoms with Gasteiger partial charge >= 0.3 is 0 Å². The smallest absolute Gasteiger partial charge is 0.0783 e. The summed E-state index contributed by atoms with van der Waals surface area (Å²) >= 11 is 0. The van der Waals surface area contributed by atoms with Crippen LogP contribution >= 0.6 is 0 Å². The minimum Gasteiger partial charge on any atom is -0.394 e. The largest absolute Gasteiger partial charge is 0.394 e. The van der Waals surface area contributed by atoms with E-state index in [9.17, 15) is 0 Å². The Bertz CT molecular complexity index is 113. The minimum atomic E-state index is -0.521. The van der Waals surface area contributed by atoms with Crippen LogP contribution < -0.4 is 0 Å². The molecule has 3 nitrogen and oxygen atoms in total. The highest BCUT2D eigenvalue weighted by Gasteiger charge is 2.11. The fourth-order valence-corrected chi connectivity index (χ4v) is 1.61. The quantitative estimate of drug-likeness (QED) is 0.639. The van der Waals surface area contributed by atoms with E-state index < -0.39 is 6.10 Å². The summed E-state index contributed by atoms with van der Waals surface area (Å²) in [5, 5.41) is 17.7. The van der Waals surface area contributed by atoms with Crippen LogP contribution in [0.4, 0.5) is 0 Å². The molecule has 0 aromatic carbocycles. The lowest BCUT2D eigenvalue weighted by Gasteiger charge is -2.26. The van der Waals surface area contributed by atoms with Crippen molar-refractivity contribution in [3.63, 3.8) is 0 Å². The Morgan fingerprint density at radius 3 is 2.42 bits per heavy atom. The third kappa shape index (κ3) is 3.52. The molecule has 0 saturated carbocycles. The van der Waals surface area contributed by atoms with Crippen molar-refractivity contribution in [1.29, 1.82) is 0 Å². The highest BCUT2D eigenvalue weighted by Crippen LogP contribution is 2.09. The lowest BCUT2D eigenvalue weighted by Crippen LogP contribution is -2.32. The van der Waals surface area contributed by atoms with Gasteiger partial charge in [0.05, 0.1) is 12.7 Å². The standard InChI is InChI=1S/C9H19NO2/c11-8-9(12)4-7-10-5-2-1-3-6-10/h9,11-12H,1-8H2. The summed E-state index contributed by atoms with van der Waals surface area (Å²) in [7, 11) is 0. The lowest BCUT2D eigenvalue weighted by atomic mass is 10.1. The highest BCUT2D eigenvalue weighted by atomic mass is 16.3. The van der Waals surface area contributed by atoms with Gasteiger partial charge in [0.15, 0.2) is 0 Å². The van der Waals surface area contributed by atoms with E-state index in [1.165, 1.54) is 19.3 Å². The van der Waals surface area contributed by atoms with Crippen molar-refractivity contribution >= 4 is 0 Å². The fourth-order valence-electron chi connectivity index (χ4n) is 1.61. The van der Waals surface area contributed by atoms with Gasteiger partial charge in [0.25, 0.3) is 0 Å². The van der Waals surface area contributed by atoms with Gasteiger partial charge in [-0.2, -0.15) is 0 Å². The number of rotatable bonds is 4. The topological polar surface area (TPSA) is 43.7 Å². The lowest BCUT2D eigenvalue weighted by molar-refractivity contribution is 0.0746. The summed E-state index contributed by atoms with van der Waals surface area (Å²) in [5.41, 5.74) is 0. The van der Waals surface area contributed by atoms with Gasteiger partial charge in [0.1, 0.15) is 0 Å². The first-order chi connectivity index (χ1) is 5.83. The van der Waals surface area contributed by atoms with Crippen molar-refractivity contribution in [3.05, 3.63) is 0 Å². The molecule has 0 aromatic heterocycles. The Morgan fingerprint density at radius 2 is 1.83 bits per heavy atom. The number of nitrogens with zero attached hydrogens (tertiary/aromatic N) is 1. The molecule has 0 radical (unpaired) electrons. The molecule has 1 rings (SSSR count). The summed E-state index contributed by atoms with van der Waals surface area (Å²) in [6.07, 6.45) is 4.10. The average Bonchev–Trinajstić information content (AvgIpc) is 2.16. The van der Waals surface area contributed by atoms with Crippen molar-refractivity contribution in [1.82, 2.24) is 4.90 Å². The van der Waals surface area contributed by atoms with Crippen molar-refractivity contribution in [2.24, 2.45) is 0 Å². The second-order valence-electron chi connectivity index (χ2n) is 3.53. The molecule has 1 atom stereocenters. The first kappa shape index (κ1) is 9.96. The van der Waals surface area contributed by atoms with E-state index in [4.69, 9.17) is 10.2 Å². The molecule has 1 fully saturated rings. The van der Waals surface area contributed by atoms with E-state index >= 15 is 0 Å². The third-order valence-electron chi connectivity index (χ3n) is 2.44. The molecule has 1 unspecified atom stereocenters. The van der Waals surface area contributed by atoms with Gasteiger partial charge in [0.2, 0.25) is 0 Å². The van der Waals surface area contributed by atoms with Crippen LogP contribution in [-0.4, -0.2) is 47.5 Å². The molecule has 1 aliphatic rings. The molecule has 3 heteroatoms. The van der Waals surface area contributed by atoms with Crippen LogP contribution in [-0.2, 0) is 0 Å². The van der Waals surface area contributed by atoms with E-state index in [1.54, 1.807) is 0 Å². The van der Waals surface area contributed by atoms with Crippen molar-refractivity contribution < 1.29 is 10.2 Å². The maximum Gasteiger partial charge on any atom is 0.0783 e.